The van der Waals surface area contributed by atoms with E-state index in [0.29, 0.717) is 5.82 Å². The molecule has 0 aliphatic heterocycles. The first kappa shape index (κ1) is 31.0. The first-order valence-corrected chi connectivity index (χ1v) is 19.1. The molecule has 12 rings (SSSR count). The third-order valence-electron chi connectivity index (χ3n) is 11.9. The predicted molar refractivity (Wildman–Crippen MR) is 226 cm³/mol. The number of benzene rings is 7. The molecule has 3 aromatic heterocycles. The molecule has 1 spiro atoms. The molecule has 0 bridgehead atoms. The molecule has 2 aliphatic carbocycles. The Bertz CT molecular complexity index is 3150. The summed E-state index contributed by atoms with van der Waals surface area (Å²) in [4.78, 5) is 16.1. The quantitative estimate of drug-likeness (QED) is 0.182. The van der Waals surface area contributed by atoms with Crippen molar-refractivity contribution in [3.05, 3.63) is 217 Å². The fourth-order valence-electron chi connectivity index (χ4n) is 9.60. The maximum Gasteiger partial charge on any atom is 0.160 e. The lowest BCUT2D eigenvalue weighted by Gasteiger charge is -2.30. The summed E-state index contributed by atoms with van der Waals surface area (Å²) in [7, 11) is 0. The van der Waals surface area contributed by atoms with Crippen LogP contribution in [-0.4, -0.2) is 19.4 Å². The zero-order valence-corrected chi connectivity index (χ0v) is 30.3. The van der Waals surface area contributed by atoms with E-state index in [9.17, 15) is 0 Å². The minimum atomic E-state index is -0.446. The Labute approximate surface area is 324 Å². The topological polar surface area (TPSA) is 43.1 Å². The molecule has 0 amide bonds. The van der Waals surface area contributed by atoms with Crippen molar-refractivity contribution in [1.82, 2.24) is 19.4 Å². The molecule has 3 heterocycles. The van der Waals surface area contributed by atoms with Crippen LogP contribution < -0.4 is 0 Å². The molecule has 0 saturated heterocycles. The van der Waals surface area contributed by atoms with Gasteiger partial charge in [0.1, 0.15) is 5.65 Å². The van der Waals surface area contributed by atoms with E-state index in [4.69, 9.17) is 15.0 Å². The minimum Gasteiger partial charge on any atom is -0.299 e. The lowest BCUT2D eigenvalue weighted by atomic mass is 9.70. The summed E-state index contributed by atoms with van der Waals surface area (Å²) in [6, 6.07) is 67.2. The summed E-state index contributed by atoms with van der Waals surface area (Å²) in [6.45, 7) is 0. The van der Waals surface area contributed by atoms with Crippen LogP contribution in [0.5, 0.6) is 0 Å². The average Bonchev–Trinajstić information content (AvgIpc) is 3.91. The number of rotatable bonds is 4. The van der Waals surface area contributed by atoms with Gasteiger partial charge in [-0.25, -0.2) is 15.0 Å². The molecular weight excluding hydrogens is 681 g/mol. The third-order valence-corrected chi connectivity index (χ3v) is 11.9. The van der Waals surface area contributed by atoms with Crippen molar-refractivity contribution in [2.45, 2.75) is 5.41 Å². The summed E-state index contributed by atoms with van der Waals surface area (Å²) in [5.41, 5.74) is 18.7. The van der Waals surface area contributed by atoms with Gasteiger partial charge in [0.15, 0.2) is 5.82 Å². The molecule has 260 valence electrons. The monoisotopic (exact) mass is 712 g/mol. The normalized spacial score (nSPS) is 13.1. The van der Waals surface area contributed by atoms with Crippen molar-refractivity contribution in [3.63, 3.8) is 0 Å². The number of nitrogens with zero attached hydrogens (tertiary/aromatic N) is 4. The van der Waals surface area contributed by atoms with Gasteiger partial charge in [0, 0.05) is 33.8 Å². The van der Waals surface area contributed by atoms with E-state index in [0.717, 1.165) is 55.9 Å². The van der Waals surface area contributed by atoms with Crippen LogP contribution >= 0.6 is 0 Å². The second-order valence-electron chi connectivity index (χ2n) is 14.7. The number of pyridine rings is 1. The second kappa shape index (κ2) is 11.8. The van der Waals surface area contributed by atoms with E-state index in [1.807, 2.05) is 6.07 Å². The molecule has 0 fully saturated rings. The summed E-state index contributed by atoms with van der Waals surface area (Å²) >= 11 is 0. The summed E-state index contributed by atoms with van der Waals surface area (Å²) in [6.07, 6.45) is 2.09. The van der Waals surface area contributed by atoms with Gasteiger partial charge in [-0.05, 0) is 68.8 Å². The number of hydrogen-bond donors (Lipinski definition) is 0. The minimum absolute atomic E-state index is 0.446. The smallest absolute Gasteiger partial charge is 0.160 e. The van der Waals surface area contributed by atoms with E-state index in [-0.39, 0.29) is 0 Å². The fraction of sp³-hybridized carbons (Fsp3) is 0.0192. The van der Waals surface area contributed by atoms with Gasteiger partial charge in [-0.2, -0.15) is 0 Å². The lowest BCUT2D eigenvalue weighted by Crippen LogP contribution is -2.25. The SMILES string of the molecule is c1ccc(-c2c(-c3ccccc3-c3nc(-c4ccc5c(c4)C4(c6ccccc6-c6ccccc64)c4ccccc4-5)nc4ccccc34)nc3ccccn23)cc1. The van der Waals surface area contributed by atoms with Crippen molar-refractivity contribution < 1.29 is 0 Å². The van der Waals surface area contributed by atoms with Gasteiger partial charge in [-0.3, -0.25) is 4.40 Å². The standard InChI is InChI=1S/C52H32N4/c1-2-16-33(17-3-1)50-49(54-47-28-14-15-31-56(47)50)40-22-5-4-21-39(40)48-41-23-9-13-27-46(41)53-51(55-48)34-29-30-38-37-20-8-12-26-44(37)52(45(38)32-34)42-24-10-6-18-35(42)36-19-7-11-25-43(36)52/h1-32H. The van der Waals surface area contributed by atoms with E-state index < -0.39 is 5.41 Å². The molecule has 56 heavy (non-hydrogen) atoms. The number of aromatic nitrogens is 4. The third kappa shape index (κ3) is 4.21. The van der Waals surface area contributed by atoms with Gasteiger partial charge < -0.3 is 0 Å². The van der Waals surface area contributed by atoms with Crippen molar-refractivity contribution in [2.24, 2.45) is 0 Å². The summed E-state index contributed by atoms with van der Waals surface area (Å²) < 4.78 is 2.18. The first-order chi connectivity index (χ1) is 27.8. The van der Waals surface area contributed by atoms with Crippen LogP contribution in [0, 0.1) is 0 Å². The molecule has 4 nitrogen and oxygen atoms in total. The average molecular weight is 713 g/mol. The zero-order chi connectivity index (χ0) is 36.8. The van der Waals surface area contributed by atoms with Crippen LogP contribution in [0.15, 0.2) is 194 Å². The lowest BCUT2D eigenvalue weighted by molar-refractivity contribution is 0.794. The predicted octanol–water partition coefficient (Wildman–Crippen LogP) is 12.3. The van der Waals surface area contributed by atoms with Crippen LogP contribution in [0.1, 0.15) is 22.3 Å². The molecule has 0 atom stereocenters. The van der Waals surface area contributed by atoms with Gasteiger partial charge in [0.25, 0.3) is 0 Å². The summed E-state index contributed by atoms with van der Waals surface area (Å²) in [5, 5.41) is 0.998. The van der Waals surface area contributed by atoms with E-state index in [2.05, 4.69) is 193 Å². The molecule has 0 unspecified atom stereocenters. The van der Waals surface area contributed by atoms with Crippen molar-refractivity contribution in [1.29, 1.82) is 0 Å². The molecule has 2 aliphatic rings. The van der Waals surface area contributed by atoms with E-state index in [1.165, 1.54) is 44.5 Å². The Hall–Kier alpha value is -7.43. The largest absolute Gasteiger partial charge is 0.299 e. The van der Waals surface area contributed by atoms with Gasteiger partial charge in [-0.1, -0.05) is 164 Å². The van der Waals surface area contributed by atoms with Crippen LogP contribution in [0.2, 0.25) is 0 Å². The molecule has 10 aromatic rings. The van der Waals surface area contributed by atoms with Gasteiger partial charge >= 0.3 is 0 Å². The molecule has 0 saturated carbocycles. The molecule has 0 N–H and O–H groups in total. The maximum atomic E-state index is 5.52. The second-order valence-corrected chi connectivity index (χ2v) is 14.7. The highest BCUT2D eigenvalue weighted by molar-refractivity contribution is 6.00. The highest BCUT2D eigenvalue weighted by atomic mass is 15.0. The molecule has 0 radical (unpaired) electrons. The highest BCUT2D eigenvalue weighted by Gasteiger charge is 2.51. The highest BCUT2D eigenvalue weighted by Crippen LogP contribution is 2.63. The van der Waals surface area contributed by atoms with Crippen LogP contribution in [0.3, 0.4) is 0 Å². The Balaban J connectivity index is 1.10. The van der Waals surface area contributed by atoms with Crippen molar-refractivity contribution >= 4 is 16.6 Å². The molecular formula is C52H32N4. The van der Waals surface area contributed by atoms with Crippen LogP contribution in [-0.2, 0) is 5.41 Å². The maximum absolute atomic E-state index is 5.52. The Morgan fingerprint density at radius 2 is 0.929 bits per heavy atom. The number of fused-ring (bicyclic) bond motifs is 12. The molecule has 4 heteroatoms. The molecule has 7 aromatic carbocycles. The van der Waals surface area contributed by atoms with Crippen molar-refractivity contribution in [3.8, 4) is 67.4 Å². The summed E-state index contributed by atoms with van der Waals surface area (Å²) in [5.74, 6) is 0.695. The fourth-order valence-corrected chi connectivity index (χ4v) is 9.60. The van der Waals surface area contributed by atoms with E-state index in [1.54, 1.807) is 0 Å². The Morgan fingerprint density at radius 3 is 1.62 bits per heavy atom. The number of para-hydroxylation sites is 1. The Kier molecular flexibility index (Phi) is 6.52. The van der Waals surface area contributed by atoms with Crippen molar-refractivity contribution in [2.75, 3.05) is 0 Å². The van der Waals surface area contributed by atoms with Gasteiger partial charge in [0.2, 0.25) is 0 Å². The first-order valence-electron chi connectivity index (χ1n) is 19.1. The zero-order valence-electron chi connectivity index (χ0n) is 30.3. The van der Waals surface area contributed by atoms with Gasteiger partial charge in [-0.15, -0.1) is 0 Å². The van der Waals surface area contributed by atoms with E-state index >= 15 is 0 Å². The van der Waals surface area contributed by atoms with Crippen LogP contribution in [0.4, 0.5) is 0 Å². The van der Waals surface area contributed by atoms with Crippen LogP contribution in [0.25, 0.3) is 84.0 Å². The Morgan fingerprint density at radius 1 is 0.375 bits per heavy atom. The number of hydrogen-bond acceptors (Lipinski definition) is 3. The van der Waals surface area contributed by atoms with Gasteiger partial charge in [0.05, 0.1) is 28.0 Å². The number of imidazole rings is 1.